The van der Waals surface area contributed by atoms with E-state index >= 15 is 0 Å². The van der Waals surface area contributed by atoms with Crippen LogP contribution in [-0.4, -0.2) is 17.3 Å². The number of rotatable bonds is 4. The van der Waals surface area contributed by atoms with E-state index < -0.39 is 0 Å². The summed E-state index contributed by atoms with van der Waals surface area (Å²) in [5.41, 5.74) is 0.934. The summed E-state index contributed by atoms with van der Waals surface area (Å²) in [6.45, 7) is 4.17. The Bertz CT molecular complexity index is 476. The summed E-state index contributed by atoms with van der Waals surface area (Å²) in [7, 11) is 1.64. The molecular formula is C13H16N2O2. The largest absolute Gasteiger partial charge is 0.497 e. The number of aromatic nitrogens is 2. The molecule has 4 heteroatoms. The molecular weight excluding hydrogens is 216 g/mol. The van der Waals surface area contributed by atoms with Crippen molar-refractivity contribution < 1.29 is 9.26 Å². The lowest BCUT2D eigenvalue weighted by atomic mass is 10.1. The van der Waals surface area contributed by atoms with Crippen molar-refractivity contribution in [1.82, 2.24) is 10.1 Å². The summed E-state index contributed by atoms with van der Waals surface area (Å²) in [6, 6.07) is 7.61. The highest BCUT2D eigenvalue weighted by atomic mass is 16.5. The van der Waals surface area contributed by atoms with Crippen LogP contribution in [0, 0.1) is 0 Å². The molecule has 0 saturated carbocycles. The van der Waals surface area contributed by atoms with Crippen LogP contribution in [0.3, 0.4) is 0 Å². The van der Waals surface area contributed by atoms with Crippen LogP contribution in [0.1, 0.15) is 32.1 Å². The molecule has 1 aromatic carbocycles. The molecule has 1 atom stereocenters. The second-order valence-electron chi connectivity index (χ2n) is 3.99. The van der Waals surface area contributed by atoms with E-state index in [0.29, 0.717) is 17.6 Å². The summed E-state index contributed by atoms with van der Waals surface area (Å²) in [5.74, 6) is 2.44. The summed E-state index contributed by atoms with van der Waals surface area (Å²) in [6.07, 6.45) is 0.990. The summed E-state index contributed by atoms with van der Waals surface area (Å²) in [4.78, 5) is 4.39. The monoisotopic (exact) mass is 232 g/mol. The zero-order valence-corrected chi connectivity index (χ0v) is 10.3. The lowest BCUT2D eigenvalue weighted by molar-refractivity contribution is 0.357. The maximum Gasteiger partial charge on any atom is 0.229 e. The van der Waals surface area contributed by atoms with E-state index in [1.54, 1.807) is 7.11 Å². The molecule has 0 saturated heterocycles. The lowest BCUT2D eigenvalue weighted by Gasteiger charge is -2.00. The second kappa shape index (κ2) is 4.99. The average Bonchev–Trinajstić information content (AvgIpc) is 2.87. The molecule has 90 valence electrons. The molecule has 4 nitrogen and oxygen atoms in total. The summed E-state index contributed by atoms with van der Waals surface area (Å²) < 4.78 is 10.3. The van der Waals surface area contributed by atoms with Gasteiger partial charge in [-0.2, -0.15) is 4.98 Å². The van der Waals surface area contributed by atoms with Crippen LogP contribution < -0.4 is 4.74 Å². The standard InChI is InChI=1S/C13H16N2O2/c1-4-9(2)13-14-12(15-17-13)10-5-7-11(16-3)8-6-10/h5-9H,4H2,1-3H3. The highest BCUT2D eigenvalue weighted by molar-refractivity contribution is 5.55. The molecule has 0 fully saturated rings. The van der Waals surface area contributed by atoms with Crippen LogP contribution in [-0.2, 0) is 0 Å². The van der Waals surface area contributed by atoms with Crippen molar-refractivity contribution >= 4 is 0 Å². The van der Waals surface area contributed by atoms with Gasteiger partial charge >= 0.3 is 0 Å². The Hall–Kier alpha value is -1.84. The van der Waals surface area contributed by atoms with Gasteiger partial charge in [0.1, 0.15) is 5.75 Å². The van der Waals surface area contributed by atoms with Crippen molar-refractivity contribution in [2.24, 2.45) is 0 Å². The fourth-order valence-corrected chi connectivity index (χ4v) is 1.47. The Morgan fingerprint density at radius 2 is 2.00 bits per heavy atom. The molecule has 0 aliphatic rings. The normalized spacial score (nSPS) is 12.4. The van der Waals surface area contributed by atoms with Gasteiger partial charge in [0.15, 0.2) is 0 Å². The lowest BCUT2D eigenvalue weighted by Crippen LogP contribution is -1.91. The van der Waals surface area contributed by atoms with Crippen LogP contribution in [0.4, 0.5) is 0 Å². The van der Waals surface area contributed by atoms with Crippen molar-refractivity contribution in [3.8, 4) is 17.1 Å². The van der Waals surface area contributed by atoms with Crippen LogP contribution in [0.25, 0.3) is 11.4 Å². The highest BCUT2D eigenvalue weighted by Gasteiger charge is 2.13. The topological polar surface area (TPSA) is 48.2 Å². The molecule has 0 bridgehead atoms. The minimum atomic E-state index is 0.300. The van der Waals surface area contributed by atoms with Crippen molar-refractivity contribution in [3.63, 3.8) is 0 Å². The number of ether oxygens (including phenoxy) is 1. The molecule has 1 heterocycles. The first-order valence-corrected chi connectivity index (χ1v) is 5.72. The SMILES string of the molecule is CCC(C)c1nc(-c2ccc(OC)cc2)no1. The third kappa shape index (κ3) is 2.46. The first kappa shape index (κ1) is 11.6. The summed E-state index contributed by atoms with van der Waals surface area (Å²) in [5, 5.41) is 3.98. The van der Waals surface area contributed by atoms with Gasteiger partial charge in [-0.05, 0) is 30.7 Å². The van der Waals surface area contributed by atoms with Gasteiger partial charge in [-0.25, -0.2) is 0 Å². The molecule has 17 heavy (non-hydrogen) atoms. The minimum Gasteiger partial charge on any atom is -0.497 e. The van der Waals surface area contributed by atoms with E-state index in [1.807, 2.05) is 24.3 Å². The van der Waals surface area contributed by atoms with Crippen molar-refractivity contribution in [3.05, 3.63) is 30.2 Å². The van der Waals surface area contributed by atoms with Gasteiger partial charge in [0, 0.05) is 11.5 Å². The van der Waals surface area contributed by atoms with Gasteiger partial charge in [-0.15, -0.1) is 0 Å². The molecule has 0 aliphatic carbocycles. The van der Waals surface area contributed by atoms with Gasteiger partial charge in [-0.1, -0.05) is 19.0 Å². The Balaban J connectivity index is 2.24. The smallest absolute Gasteiger partial charge is 0.229 e. The van der Waals surface area contributed by atoms with Crippen molar-refractivity contribution in [2.45, 2.75) is 26.2 Å². The van der Waals surface area contributed by atoms with E-state index in [4.69, 9.17) is 9.26 Å². The molecule has 1 unspecified atom stereocenters. The zero-order chi connectivity index (χ0) is 12.3. The quantitative estimate of drug-likeness (QED) is 0.811. The Morgan fingerprint density at radius 3 is 2.59 bits per heavy atom. The van der Waals surface area contributed by atoms with Crippen molar-refractivity contribution in [2.75, 3.05) is 7.11 Å². The maximum atomic E-state index is 5.24. The van der Waals surface area contributed by atoms with E-state index in [2.05, 4.69) is 24.0 Å². The number of hydrogen-bond acceptors (Lipinski definition) is 4. The number of benzene rings is 1. The first-order valence-electron chi connectivity index (χ1n) is 5.72. The van der Waals surface area contributed by atoms with Crippen LogP contribution >= 0.6 is 0 Å². The van der Waals surface area contributed by atoms with Crippen LogP contribution in [0.5, 0.6) is 5.75 Å². The molecule has 2 rings (SSSR count). The second-order valence-corrected chi connectivity index (χ2v) is 3.99. The molecule has 2 aromatic rings. The molecule has 0 aliphatic heterocycles. The third-order valence-corrected chi connectivity index (χ3v) is 2.82. The maximum absolute atomic E-state index is 5.24. The Morgan fingerprint density at radius 1 is 1.29 bits per heavy atom. The Kier molecular flexibility index (Phi) is 3.42. The average molecular weight is 232 g/mol. The van der Waals surface area contributed by atoms with Gasteiger partial charge < -0.3 is 9.26 Å². The van der Waals surface area contributed by atoms with Crippen molar-refractivity contribution in [1.29, 1.82) is 0 Å². The molecule has 0 N–H and O–H groups in total. The number of hydrogen-bond donors (Lipinski definition) is 0. The van der Waals surface area contributed by atoms with Gasteiger partial charge in [0.05, 0.1) is 7.11 Å². The fraction of sp³-hybridized carbons (Fsp3) is 0.385. The minimum absolute atomic E-state index is 0.300. The van der Waals surface area contributed by atoms with E-state index in [9.17, 15) is 0 Å². The highest BCUT2D eigenvalue weighted by Crippen LogP contribution is 2.23. The third-order valence-electron chi connectivity index (χ3n) is 2.82. The zero-order valence-electron chi connectivity index (χ0n) is 10.3. The summed E-state index contributed by atoms with van der Waals surface area (Å²) >= 11 is 0. The fourth-order valence-electron chi connectivity index (χ4n) is 1.47. The predicted octanol–water partition coefficient (Wildman–Crippen LogP) is 3.26. The number of methoxy groups -OCH3 is 1. The number of nitrogens with zero attached hydrogens (tertiary/aromatic N) is 2. The molecule has 0 spiro atoms. The predicted molar refractivity (Wildman–Crippen MR) is 65.0 cm³/mol. The van der Waals surface area contributed by atoms with Gasteiger partial charge in [-0.3, -0.25) is 0 Å². The molecule has 1 aromatic heterocycles. The molecule has 0 radical (unpaired) electrons. The van der Waals surface area contributed by atoms with Crippen LogP contribution in [0.2, 0.25) is 0 Å². The van der Waals surface area contributed by atoms with Gasteiger partial charge in [0.25, 0.3) is 0 Å². The van der Waals surface area contributed by atoms with E-state index in [1.165, 1.54) is 0 Å². The molecule has 0 amide bonds. The van der Waals surface area contributed by atoms with Crippen LogP contribution in [0.15, 0.2) is 28.8 Å². The van der Waals surface area contributed by atoms with E-state index in [-0.39, 0.29) is 0 Å². The van der Waals surface area contributed by atoms with E-state index in [0.717, 1.165) is 17.7 Å². The first-order chi connectivity index (χ1) is 8.24. The van der Waals surface area contributed by atoms with Gasteiger partial charge in [0.2, 0.25) is 11.7 Å². The Labute approximate surface area is 101 Å².